The van der Waals surface area contributed by atoms with Crippen LogP contribution >= 0.6 is 0 Å². The number of nitrogen functional groups attached to an aromatic ring is 1. The van der Waals surface area contributed by atoms with Gasteiger partial charge in [0.2, 0.25) is 5.88 Å². The molecule has 0 saturated carbocycles. The molecule has 0 bridgehead atoms. The highest BCUT2D eigenvalue weighted by Gasteiger charge is 2.13. The highest BCUT2D eigenvalue weighted by molar-refractivity contribution is 5.51. The first kappa shape index (κ1) is 8.31. The summed E-state index contributed by atoms with van der Waals surface area (Å²) in [6.45, 7) is 1.34. The van der Waals surface area contributed by atoms with E-state index >= 15 is 0 Å². The van der Waals surface area contributed by atoms with Crippen LogP contribution in [0.1, 0.15) is 11.3 Å². The fourth-order valence-electron chi connectivity index (χ4n) is 1.45. The van der Waals surface area contributed by atoms with Crippen molar-refractivity contribution in [1.29, 1.82) is 0 Å². The van der Waals surface area contributed by atoms with Crippen molar-refractivity contribution in [2.24, 2.45) is 0 Å². The zero-order valence-electron chi connectivity index (χ0n) is 7.54. The number of nitrogens with zero attached hydrogens (tertiary/aromatic N) is 1. The molecule has 2 rings (SSSR count). The smallest absolute Gasteiger partial charge is 0.237 e. The van der Waals surface area contributed by atoms with Crippen molar-refractivity contribution < 1.29 is 9.47 Å². The van der Waals surface area contributed by atoms with Crippen LogP contribution in [0.5, 0.6) is 5.88 Å². The van der Waals surface area contributed by atoms with Gasteiger partial charge in [-0.3, -0.25) is 0 Å². The second kappa shape index (κ2) is 3.22. The van der Waals surface area contributed by atoms with Crippen LogP contribution < -0.4 is 10.5 Å². The molecule has 0 saturated heterocycles. The molecule has 70 valence electrons. The molecule has 0 spiro atoms. The number of aromatic nitrogens is 1. The Hall–Kier alpha value is -1.29. The molecule has 0 amide bonds. The van der Waals surface area contributed by atoms with Gasteiger partial charge in [0.15, 0.2) is 0 Å². The van der Waals surface area contributed by atoms with E-state index in [4.69, 9.17) is 15.2 Å². The molecule has 1 aliphatic rings. The topological polar surface area (TPSA) is 57.4 Å². The lowest BCUT2D eigenvalue weighted by Gasteiger charge is -2.16. The standard InChI is InChI=1S/C9H12N2O2/c1-12-9-7(10)4-6-5-13-3-2-8(6)11-9/h4H,2-3,5,10H2,1H3. The summed E-state index contributed by atoms with van der Waals surface area (Å²) in [6, 6.07) is 1.88. The largest absolute Gasteiger partial charge is 0.480 e. The maximum absolute atomic E-state index is 5.71. The summed E-state index contributed by atoms with van der Waals surface area (Å²) in [6.07, 6.45) is 0.839. The second-order valence-corrected chi connectivity index (χ2v) is 3.00. The lowest BCUT2D eigenvalue weighted by molar-refractivity contribution is 0.109. The molecule has 0 aliphatic carbocycles. The summed E-state index contributed by atoms with van der Waals surface area (Å²) in [5.74, 6) is 0.514. The number of anilines is 1. The molecule has 2 N–H and O–H groups in total. The van der Waals surface area contributed by atoms with E-state index in [-0.39, 0.29) is 0 Å². The van der Waals surface area contributed by atoms with Crippen molar-refractivity contribution >= 4 is 5.69 Å². The van der Waals surface area contributed by atoms with E-state index in [9.17, 15) is 0 Å². The van der Waals surface area contributed by atoms with Crippen LogP contribution in [0.15, 0.2) is 6.07 Å². The highest BCUT2D eigenvalue weighted by Crippen LogP contribution is 2.24. The Balaban J connectivity index is 2.44. The van der Waals surface area contributed by atoms with Gasteiger partial charge in [-0.1, -0.05) is 0 Å². The van der Waals surface area contributed by atoms with Crippen molar-refractivity contribution in [2.75, 3.05) is 19.5 Å². The van der Waals surface area contributed by atoms with Gasteiger partial charge in [-0.15, -0.1) is 0 Å². The van der Waals surface area contributed by atoms with Gasteiger partial charge in [0, 0.05) is 12.0 Å². The summed E-state index contributed by atoms with van der Waals surface area (Å²) in [5.41, 5.74) is 8.40. The number of pyridine rings is 1. The van der Waals surface area contributed by atoms with E-state index in [2.05, 4.69) is 4.98 Å². The van der Waals surface area contributed by atoms with Crippen molar-refractivity contribution in [3.63, 3.8) is 0 Å². The third kappa shape index (κ3) is 1.45. The van der Waals surface area contributed by atoms with Crippen LogP contribution in [0.2, 0.25) is 0 Å². The normalized spacial score (nSPS) is 15.2. The third-order valence-corrected chi connectivity index (χ3v) is 2.12. The lowest BCUT2D eigenvalue weighted by Crippen LogP contribution is -2.13. The molecule has 1 aliphatic heterocycles. The lowest BCUT2D eigenvalue weighted by atomic mass is 10.1. The summed E-state index contributed by atoms with van der Waals surface area (Å²) in [5, 5.41) is 0. The molecule has 0 atom stereocenters. The molecule has 4 heteroatoms. The minimum Gasteiger partial charge on any atom is -0.480 e. The first-order valence-electron chi connectivity index (χ1n) is 4.21. The van der Waals surface area contributed by atoms with Crippen LogP contribution in [0.25, 0.3) is 0 Å². The molecule has 0 fully saturated rings. The maximum Gasteiger partial charge on any atom is 0.237 e. The first-order valence-corrected chi connectivity index (χ1v) is 4.21. The number of methoxy groups -OCH3 is 1. The summed E-state index contributed by atoms with van der Waals surface area (Å²) >= 11 is 0. The number of ether oxygens (including phenoxy) is 2. The average molecular weight is 180 g/mol. The predicted octanol–water partition coefficient (Wildman–Crippen LogP) is 0.745. The van der Waals surface area contributed by atoms with Gasteiger partial charge in [0.05, 0.1) is 31.7 Å². The van der Waals surface area contributed by atoms with Crippen LogP contribution in [0, 0.1) is 0 Å². The zero-order valence-corrected chi connectivity index (χ0v) is 7.54. The summed E-state index contributed by atoms with van der Waals surface area (Å²) in [7, 11) is 1.57. The Bertz CT molecular complexity index is 326. The second-order valence-electron chi connectivity index (χ2n) is 3.00. The number of hydrogen-bond donors (Lipinski definition) is 1. The van der Waals surface area contributed by atoms with Crippen LogP contribution in [0.4, 0.5) is 5.69 Å². The van der Waals surface area contributed by atoms with E-state index in [1.54, 1.807) is 7.11 Å². The monoisotopic (exact) mass is 180 g/mol. The molecule has 13 heavy (non-hydrogen) atoms. The van der Waals surface area contributed by atoms with Gasteiger partial charge in [-0.05, 0) is 6.07 Å². The van der Waals surface area contributed by atoms with Crippen LogP contribution in [0.3, 0.4) is 0 Å². The SMILES string of the molecule is COc1nc2c(cc1N)COCC2. The van der Waals surface area contributed by atoms with Gasteiger partial charge in [0.1, 0.15) is 0 Å². The minimum absolute atomic E-state index is 0.514. The molecular weight excluding hydrogens is 168 g/mol. The van der Waals surface area contributed by atoms with Crippen LogP contribution in [-0.4, -0.2) is 18.7 Å². The Labute approximate surface area is 76.7 Å². The summed E-state index contributed by atoms with van der Waals surface area (Å²) in [4.78, 5) is 4.30. The van der Waals surface area contributed by atoms with Crippen LogP contribution in [-0.2, 0) is 17.8 Å². The molecule has 2 heterocycles. The average Bonchev–Trinajstić information content (AvgIpc) is 2.17. The Morgan fingerprint density at radius 3 is 3.23 bits per heavy atom. The van der Waals surface area contributed by atoms with Crippen molar-refractivity contribution in [3.8, 4) is 5.88 Å². The zero-order chi connectivity index (χ0) is 9.26. The Kier molecular flexibility index (Phi) is 2.06. The minimum atomic E-state index is 0.514. The number of fused-ring (bicyclic) bond motifs is 1. The number of hydrogen-bond acceptors (Lipinski definition) is 4. The molecule has 0 aromatic carbocycles. The van der Waals surface area contributed by atoms with Gasteiger partial charge >= 0.3 is 0 Å². The summed E-state index contributed by atoms with van der Waals surface area (Å²) < 4.78 is 10.3. The van der Waals surface area contributed by atoms with Crippen molar-refractivity contribution in [3.05, 3.63) is 17.3 Å². The molecular formula is C9H12N2O2. The molecule has 4 nitrogen and oxygen atoms in total. The first-order chi connectivity index (χ1) is 6.31. The predicted molar refractivity (Wildman–Crippen MR) is 48.6 cm³/mol. The molecule has 0 unspecified atom stereocenters. The molecule has 1 aromatic rings. The number of rotatable bonds is 1. The quantitative estimate of drug-likeness (QED) is 0.692. The van der Waals surface area contributed by atoms with Gasteiger partial charge < -0.3 is 15.2 Å². The highest BCUT2D eigenvalue weighted by atomic mass is 16.5. The molecule has 0 radical (unpaired) electrons. The van der Waals surface area contributed by atoms with E-state index in [1.165, 1.54) is 0 Å². The van der Waals surface area contributed by atoms with Gasteiger partial charge in [0.25, 0.3) is 0 Å². The fraction of sp³-hybridized carbons (Fsp3) is 0.444. The van der Waals surface area contributed by atoms with E-state index in [0.29, 0.717) is 18.2 Å². The Morgan fingerprint density at radius 2 is 2.46 bits per heavy atom. The van der Waals surface area contributed by atoms with E-state index < -0.39 is 0 Å². The van der Waals surface area contributed by atoms with Crippen molar-refractivity contribution in [2.45, 2.75) is 13.0 Å². The van der Waals surface area contributed by atoms with Gasteiger partial charge in [-0.2, -0.15) is 0 Å². The fourth-order valence-corrected chi connectivity index (χ4v) is 1.45. The third-order valence-electron chi connectivity index (χ3n) is 2.12. The molecule has 1 aromatic heterocycles. The van der Waals surface area contributed by atoms with Gasteiger partial charge in [-0.25, -0.2) is 4.98 Å². The van der Waals surface area contributed by atoms with E-state index in [0.717, 1.165) is 24.3 Å². The number of nitrogens with two attached hydrogens (primary N) is 1. The Morgan fingerprint density at radius 1 is 1.62 bits per heavy atom. The van der Waals surface area contributed by atoms with E-state index in [1.807, 2.05) is 6.07 Å². The maximum atomic E-state index is 5.71. The van der Waals surface area contributed by atoms with Crippen molar-refractivity contribution in [1.82, 2.24) is 4.98 Å².